The Morgan fingerprint density at radius 1 is 0.958 bits per heavy atom. The van der Waals surface area contributed by atoms with E-state index in [1.165, 1.54) is 16.8 Å². The van der Waals surface area contributed by atoms with Crippen LogP contribution in [0.1, 0.15) is 25.0 Å². The van der Waals surface area contributed by atoms with E-state index in [1.54, 1.807) is 4.57 Å². The summed E-state index contributed by atoms with van der Waals surface area (Å²) in [4.78, 5) is 13.0. The van der Waals surface area contributed by atoms with Gasteiger partial charge in [-0.25, -0.2) is 4.79 Å². The Morgan fingerprint density at radius 3 is 1.92 bits per heavy atom. The molecule has 1 heterocycles. The van der Waals surface area contributed by atoms with Gasteiger partial charge < -0.3 is 22.4 Å². The van der Waals surface area contributed by atoms with E-state index in [-0.39, 0.29) is 19.0 Å². The molecule has 0 saturated heterocycles. The SMILES string of the molecule is CCN(CC)c1ccc(CCc2cc[n+](CC(=O)O)cc2)cc1.[Cl-]. The maximum Gasteiger partial charge on any atom is 0.370 e. The van der Waals surface area contributed by atoms with Crippen molar-refractivity contribution in [3.05, 3.63) is 59.9 Å². The molecule has 5 heteroatoms. The van der Waals surface area contributed by atoms with Crippen LogP contribution in [-0.4, -0.2) is 24.2 Å². The molecule has 4 nitrogen and oxygen atoms in total. The third kappa shape index (κ3) is 5.85. The molecule has 2 aromatic rings. The Hall–Kier alpha value is -2.07. The highest BCUT2D eigenvalue weighted by Crippen LogP contribution is 2.16. The van der Waals surface area contributed by atoms with E-state index in [9.17, 15) is 4.79 Å². The first kappa shape index (κ1) is 20.0. The molecule has 0 bridgehead atoms. The van der Waals surface area contributed by atoms with Crippen LogP contribution >= 0.6 is 0 Å². The predicted octanol–water partition coefficient (Wildman–Crippen LogP) is -0.306. The number of halogens is 1. The lowest BCUT2D eigenvalue weighted by Gasteiger charge is -2.21. The molecule has 0 aliphatic rings. The minimum Gasteiger partial charge on any atom is -1.00 e. The molecular weight excluding hydrogens is 324 g/mol. The topological polar surface area (TPSA) is 44.4 Å². The third-order valence-electron chi connectivity index (χ3n) is 4.05. The summed E-state index contributed by atoms with van der Waals surface area (Å²) in [5, 5.41) is 8.76. The molecule has 0 amide bonds. The van der Waals surface area contributed by atoms with Crippen LogP contribution in [0.2, 0.25) is 0 Å². The van der Waals surface area contributed by atoms with Gasteiger partial charge in [-0.1, -0.05) is 12.1 Å². The normalized spacial score (nSPS) is 10.1. The van der Waals surface area contributed by atoms with Crippen molar-refractivity contribution in [2.75, 3.05) is 18.0 Å². The lowest BCUT2D eigenvalue weighted by Crippen LogP contribution is -3.00. The quantitative estimate of drug-likeness (QED) is 0.666. The van der Waals surface area contributed by atoms with Crippen LogP contribution in [0.15, 0.2) is 48.8 Å². The number of carboxylic acid groups (broad SMARTS) is 1. The van der Waals surface area contributed by atoms with Crippen molar-refractivity contribution in [2.45, 2.75) is 33.2 Å². The van der Waals surface area contributed by atoms with Crippen molar-refractivity contribution in [3.63, 3.8) is 0 Å². The van der Waals surface area contributed by atoms with E-state index in [1.807, 2.05) is 24.5 Å². The Labute approximate surface area is 150 Å². The second-order valence-electron chi connectivity index (χ2n) is 5.61. The van der Waals surface area contributed by atoms with Gasteiger partial charge in [0.1, 0.15) is 0 Å². The Bertz CT molecular complexity index is 623. The molecule has 0 radical (unpaired) electrons. The summed E-state index contributed by atoms with van der Waals surface area (Å²) in [6.07, 6.45) is 5.60. The van der Waals surface area contributed by atoms with E-state index < -0.39 is 5.97 Å². The minimum absolute atomic E-state index is 0. The molecule has 2 rings (SSSR count). The molecule has 130 valence electrons. The molecular formula is C19H25ClN2O2. The lowest BCUT2D eigenvalue weighted by molar-refractivity contribution is -0.685. The zero-order valence-electron chi connectivity index (χ0n) is 14.3. The zero-order chi connectivity index (χ0) is 16.7. The van der Waals surface area contributed by atoms with Crippen LogP contribution in [-0.2, 0) is 24.2 Å². The third-order valence-corrected chi connectivity index (χ3v) is 4.05. The number of hydrogen-bond acceptors (Lipinski definition) is 2. The lowest BCUT2D eigenvalue weighted by atomic mass is 10.0. The summed E-state index contributed by atoms with van der Waals surface area (Å²) in [5.41, 5.74) is 3.82. The smallest absolute Gasteiger partial charge is 0.370 e. The molecule has 24 heavy (non-hydrogen) atoms. The van der Waals surface area contributed by atoms with Crippen LogP contribution in [0.4, 0.5) is 5.69 Å². The number of carboxylic acids is 1. The van der Waals surface area contributed by atoms with Gasteiger partial charge in [0.15, 0.2) is 12.4 Å². The highest BCUT2D eigenvalue weighted by atomic mass is 35.5. The van der Waals surface area contributed by atoms with Crippen LogP contribution in [0.25, 0.3) is 0 Å². The van der Waals surface area contributed by atoms with Gasteiger partial charge in [0.2, 0.25) is 6.54 Å². The van der Waals surface area contributed by atoms with Crippen molar-refractivity contribution in [1.29, 1.82) is 0 Å². The first-order chi connectivity index (χ1) is 11.1. The molecule has 1 N–H and O–H groups in total. The van der Waals surface area contributed by atoms with Crippen molar-refractivity contribution in [1.82, 2.24) is 0 Å². The maximum absolute atomic E-state index is 10.7. The number of anilines is 1. The Morgan fingerprint density at radius 2 is 1.46 bits per heavy atom. The van der Waals surface area contributed by atoms with Gasteiger partial charge in [-0.3, -0.25) is 0 Å². The van der Waals surface area contributed by atoms with Crippen LogP contribution < -0.4 is 21.9 Å². The summed E-state index contributed by atoms with van der Waals surface area (Å²) in [5.74, 6) is -0.823. The van der Waals surface area contributed by atoms with Crippen LogP contribution in [0.5, 0.6) is 0 Å². The highest BCUT2D eigenvalue weighted by Gasteiger charge is 2.07. The first-order valence-corrected chi connectivity index (χ1v) is 8.16. The second-order valence-corrected chi connectivity index (χ2v) is 5.61. The average Bonchev–Trinajstić information content (AvgIpc) is 2.56. The fourth-order valence-electron chi connectivity index (χ4n) is 2.67. The summed E-state index contributed by atoms with van der Waals surface area (Å²) in [7, 11) is 0. The Balaban J connectivity index is 0.00000288. The summed E-state index contributed by atoms with van der Waals surface area (Å²) < 4.78 is 1.67. The molecule has 0 atom stereocenters. The number of hydrogen-bond donors (Lipinski definition) is 1. The molecule has 0 fully saturated rings. The van der Waals surface area contributed by atoms with Gasteiger partial charge in [0, 0.05) is 30.9 Å². The van der Waals surface area contributed by atoms with Gasteiger partial charge in [0.25, 0.3) is 0 Å². The van der Waals surface area contributed by atoms with E-state index >= 15 is 0 Å². The molecule has 0 saturated carbocycles. The van der Waals surface area contributed by atoms with Crippen molar-refractivity contribution in [3.8, 4) is 0 Å². The Kier molecular flexibility index (Phi) is 8.27. The minimum atomic E-state index is -0.823. The number of carbonyl (C=O) groups is 1. The van der Waals surface area contributed by atoms with Crippen molar-refractivity contribution >= 4 is 11.7 Å². The van der Waals surface area contributed by atoms with Gasteiger partial charge in [-0.15, -0.1) is 0 Å². The monoisotopic (exact) mass is 348 g/mol. The average molecular weight is 349 g/mol. The first-order valence-electron chi connectivity index (χ1n) is 8.16. The van der Waals surface area contributed by atoms with E-state index in [4.69, 9.17) is 5.11 Å². The highest BCUT2D eigenvalue weighted by molar-refractivity contribution is 5.64. The number of rotatable bonds is 8. The van der Waals surface area contributed by atoms with Crippen molar-refractivity contribution < 1.29 is 26.9 Å². The number of benzene rings is 1. The van der Waals surface area contributed by atoms with Crippen molar-refractivity contribution in [2.24, 2.45) is 0 Å². The van der Waals surface area contributed by atoms with Crippen LogP contribution in [0, 0.1) is 0 Å². The molecule has 0 unspecified atom stereocenters. The van der Waals surface area contributed by atoms with E-state index in [2.05, 4.69) is 43.0 Å². The standard InChI is InChI=1S/C19H24N2O2.ClH/c1-3-21(4-2)18-9-7-16(8-10-18)5-6-17-11-13-20(14-12-17)15-19(22)23;/h7-14H,3-6,15H2,1-2H3;1H. The summed E-state index contributed by atoms with van der Waals surface area (Å²) in [6, 6.07) is 12.8. The van der Waals surface area contributed by atoms with E-state index in [0.717, 1.165) is 25.9 Å². The fraction of sp³-hybridized carbons (Fsp3) is 0.368. The summed E-state index contributed by atoms with van der Waals surface area (Å²) in [6.45, 7) is 6.40. The molecule has 0 aliphatic carbocycles. The predicted molar refractivity (Wildman–Crippen MR) is 91.7 cm³/mol. The molecule has 1 aromatic heterocycles. The zero-order valence-corrected chi connectivity index (χ0v) is 15.0. The van der Waals surface area contributed by atoms with E-state index in [0.29, 0.717) is 0 Å². The number of aliphatic carboxylic acids is 1. The number of nitrogens with zero attached hydrogens (tertiary/aromatic N) is 2. The molecule has 1 aromatic carbocycles. The van der Waals surface area contributed by atoms with Gasteiger partial charge in [-0.2, -0.15) is 4.57 Å². The summed E-state index contributed by atoms with van der Waals surface area (Å²) >= 11 is 0. The molecule has 0 aliphatic heterocycles. The number of aromatic nitrogens is 1. The number of aryl methyl sites for hydroxylation is 2. The van der Waals surface area contributed by atoms with Gasteiger partial charge in [-0.05, 0) is 49.9 Å². The van der Waals surface area contributed by atoms with Gasteiger partial charge >= 0.3 is 5.97 Å². The number of pyridine rings is 1. The van der Waals surface area contributed by atoms with Crippen LogP contribution in [0.3, 0.4) is 0 Å². The molecule has 0 spiro atoms. The maximum atomic E-state index is 10.7. The second kappa shape index (κ2) is 9.93. The fourth-order valence-corrected chi connectivity index (χ4v) is 2.67. The van der Waals surface area contributed by atoms with Gasteiger partial charge in [0.05, 0.1) is 0 Å². The largest absolute Gasteiger partial charge is 1.00 e.